The van der Waals surface area contributed by atoms with Crippen molar-refractivity contribution >= 4 is 34.3 Å². The highest BCUT2D eigenvalue weighted by Gasteiger charge is 2.11. The highest BCUT2D eigenvalue weighted by molar-refractivity contribution is 7.99. The summed E-state index contributed by atoms with van der Waals surface area (Å²) in [5.41, 5.74) is 3.65. The van der Waals surface area contributed by atoms with Gasteiger partial charge < -0.3 is 5.32 Å². The second-order valence-electron chi connectivity index (χ2n) is 6.21. The Hall–Kier alpha value is -2.31. The molecule has 1 aromatic heterocycles. The fourth-order valence-corrected chi connectivity index (χ4v) is 3.98. The Morgan fingerprint density at radius 3 is 2.76 bits per heavy atom. The molecule has 4 rings (SSSR count). The van der Waals surface area contributed by atoms with Gasteiger partial charge in [-0.3, -0.25) is 14.8 Å². The van der Waals surface area contributed by atoms with Crippen molar-refractivity contribution in [1.29, 1.82) is 0 Å². The lowest BCUT2D eigenvalue weighted by atomic mass is 10.1. The summed E-state index contributed by atoms with van der Waals surface area (Å²) < 4.78 is 0. The van der Waals surface area contributed by atoms with Gasteiger partial charge in [-0.15, -0.1) is 0 Å². The molecule has 3 aromatic rings. The van der Waals surface area contributed by atoms with Crippen molar-refractivity contribution < 1.29 is 4.79 Å². The molecule has 0 aliphatic carbocycles. The minimum Gasteiger partial charge on any atom is -0.322 e. The molecule has 1 fully saturated rings. The molecular formula is C19H20N4OS. The zero-order valence-corrected chi connectivity index (χ0v) is 14.7. The number of carbonyl (C=O) groups is 1. The van der Waals surface area contributed by atoms with Crippen LogP contribution in [0.25, 0.3) is 10.9 Å². The van der Waals surface area contributed by atoms with Gasteiger partial charge in [0.15, 0.2) is 0 Å². The Bertz CT molecular complexity index is 869. The maximum Gasteiger partial charge on any atom is 0.255 e. The number of aromatic nitrogens is 2. The quantitative estimate of drug-likeness (QED) is 0.756. The van der Waals surface area contributed by atoms with Crippen LogP contribution in [0.1, 0.15) is 15.9 Å². The number of hydrogen-bond donors (Lipinski definition) is 2. The van der Waals surface area contributed by atoms with E-state index in [0.717, 1.165) is 36.2 Å². The van der Waals surface area contributed by atoms with Crippen molar-refractivity contribution in [1.82, 2.24) is 15.1 Å². The maximum absolute atomic E-state index is 12.4. The zero-order valence-electron chi connectivity index (χ0n) is 13.9. The number of nitrogens with zero attached hydrogens (tertiary/aromatic N) is 2. The molecule has 0 spiro atoms. The predicted molar refractivity (Wildman–Crippen MR) is 103 cm³/mol. The van der Waals surface area contributed by atoms with Crippen LogP contribution in [0.4, 0.5) is 5.69 Å². The Balaban J connectivity index is 1.41. The van der Waals surface area contributed by atoms with E-state index in [9.17, 15) is 4.79 Å². The fourth-order valence-electron chi connectivity index (χ4n) is 3.00. The lowest BCUT2D eigenvalue weighted by Crippen LogP contribution is -2.31. The summed E-state index contributed by atoms with van der Waals surface area (Å²) in [5, 5.41) is 10.8. The minimum atomic E-state index is -0.0937. The number of carbonyl (C=O) groups excluding carboxylic acids is 1. The van der Waals surface area contributed by atoms with Crippen molar-refractivity contribution in [2.75, 3.05) is 29.9 Å². The monoisotopic (exact) mass is 352 g/mol. The van der Waals surface area contributed by atoms with E-state index in [1.807, 2.05) is 42.1 Å². The summed E-state index contributed by atoms with van der Waals surface area (Å²) in [5.74, 6) is 2.33. The van der Waals surface area contributed by atoms with Gasteiger partial charge in [0.1, 0.15) is 0 Å². The lowest BCUT2D eigenvalue weighted by Gasteiger charge is -2.26. The van der Waals surface area contributed by atoms with Crippen LogP contribution in [0.2, 0.25) is 0 Å². The predicted octanol–water partition coefficient (Wildman–Crippen LogP) is 3.36. The van der Waals surface area contributed by atoms with Gasteiger partial charge in [0.05, 0.1) is 11.7 Å². The molecule has 5 nitrogen and oxygen atoms in total. The van der Waals surface area contributed by atoms with Crippen LogP contribution >= 0.6 is 11.8 Å². The summed E-state index contributed by atoms with van der Waals surface area (Å²) >= 11 is 2.02. The van der Waals surface area contributed by atoms with Crippen LogP contribution < -0.4 is 5.32 Å². The van der Waals surface area contributed by atoms with Crippen molar-refractivity contribution in [2.45, 2.75) is 6.54 Å². The summed E-state index contributed by atoms with van der Waals surface area (Å²) in [6.07, 6.45) is 1.75. The van der Waals surface area contributed by atoms with Crippen LogP contribution in [-0.4, -0.2) is 45.6 Å². The highest BCUT2D eigenvalue weighted by Crippen LogP contribution is 2.18. The minimum absolute atomic E-state index is 0.0937. The molecule has 1 saturated heterocycles. The van der Waals surface area contributed by atoms with Gasteiger partial charge in [-0.05, 0) is 35.9 Å². The van der Waals surface area contributed by atoms with Crippen molar-refractivity contribution in [2.24, 2.45) is 0 Å². The van der Waals surface area contributed by atoms with Gasteiger partial charge in [0, 0.05) is 47.8 Å². The molecule has 0 saturated carbocycles. The Morgan fingerprint density at radius 1 is 1.16 bits per heavy atom. The van der Waals surface area contributed by atoms with E-state index in [4.69, 9.17) is 0 Å². The van der Waals surface area contributed by atoms with E-state index in [-0.39, 0.29) is 5.91 Å². The number of rotatable bonds is 4. The van der Waals surface area contributed by atoms with Crippen LogP contribution in [0, 0.1) is 0 Å². The first-order valence-corrected chi connectivity index (χ1v) is 9.57. The van der Waals surface area contributed by atoms with Gasteiger partial charge in [-0.2, -0.15) is 16.9 Å². The van der Waals surface area contributed by atoms with Crippen molar-refractivity contribution in [3.05, 3.63) is 59.8 Å². The molecule has 6 heteroatoms. The number of benzene rings is 2. The largest absolute Gasteiger partial charge is 0.322 e. The van der Waals surface area contributed by atoms with Crippen molar-refractivity contribution in [3.8, 4) is 0 Å². The molecule has 1 aliphatic heterocycles. The van der Waals surface area contributed by atoms with E-state index in [1.54, 1.807) is 6.20 Å². The highest BCUT2D eigenvalue weighted by atomic mass is 32.2. The number of nitrogens with one attached hydrogen (secondary N) is 2. The molecule has 128 valence electrons. The third kappa shape index (κ3) is 3.86. The van der Waals surface area contributed by atoms with Gasteiger partial charge in [-0.25, -0.2) is 0 Å². The average Bonchev–Trinajstić information content (AvgIpc) is 3.11. The van der Waals surface area contributed by atoms with Gasteiger partial charge >= 0.3 is 0 Å². The van der Waals surface area contributed by atoms with E-state index in [0.29, 0.717) is 5.56 Å². The number of fused-ring (bicyclic) bond motifs is 1. The summed E-state index contributed by atoms with van der Waals surface area (Å²) in [7, 11) is 0. The molecule has 0 unspecified atom stereocenters. The number of thioether (sulfide) groups is 1. The fraction of sp³-hybridized carbons (Fsp3) is 0.263. The normalized spacial score (nSPS) is 15.4. The molecule has 0 bridgehead atoms. The summed E-state index contributed by atoms with van der Waals surface area (Å²) in [6, 6.07) is 13.6. The van der Waals surface area contributed by atoms with E-state index in [1.165, 1.54) is 17.1 Å². The molecule has 2 aromatic carbocycles. The average molecular weight is 352 g/mol. The molecule has 2 heterocycles. The second-order valence-corrected chi connectivity index (χ2v) is 7.44. The zero-order chi connectivity index (χ0) is 17.1. The maximum atomic E-state index is 12.4. The number of hydrogen-bond acceptors (Lipinski definition) is 4. The Labute approximate surface area is 150 Å². The molecule has 2 N–H and O–H groups in total. The number of amides is 1. The topological polar surface area (TPSA) is 61.0 Å². The first-order chi connectivity index (χ1) is 12.3. The Morgan fingerprint density at radius 2 is 1.96 bits per heavy atom. The van der Waals surface area contributed by atoms with Crippen LogP contribution in [0.5, 0.6) is 0 Å². The summed E-state index contributed by atoms with van der Waals surface area (Å²) in [6.45, 7) is 3.24. The lowest BCUT2D eigenvalue weighted by molar-refractivity contribution is 0.102. The van der Waals surface area contributed by atoms with Gasteiger partial charge in [-0.1, -0.05) is 12.1 Å². The Kier molecular flexibility index (Phi) is 4.72. The number of aromatic amines is 1. The molecule has 25 heavy (non-hydrogen) atoms. The van der Waals surface area contributed by atoms with Gasteiger partial charge in [0.2, 0.25) is 0 Å². The van der Waals surface area contributed by atoms with E-state index < -0.39 is 0 Å². The second kappa shape index (κ2) is 7.29. The summed E-state index contributed by atoms with van der Waals surface area (Å²) in [4.78, 5) is 14.9. The standard InChI is InChI=1S/C19H20N4OS/c24-19(21-17-5-6-18-16(11-17)12-20-22-18)15-3-1-14(2-4-15)13-23-7-9-25-10-8-23/h1-6,11-12H,7-10,13H2,(H,20,22)(H,21,24). The van der Waals surface area contributed by atoms with E-state index in [2.05, 4.69) is 32.5 Å². The molecular weight excluding hydrogens is 332 g/mol. The molecule has 1 amide bonds. The van der Waals surface area contributed by atoms with Gasteiger partial charge in [0.25, 0.3) is 5.91 Å². The van der Waals surface area contributed by atoms with Crippen LogP contribution in [0.3, 0.4) is 0 Å². The van der Waals surface area contributed by atoms with Crippen molar-refractivity contribution in [3.63, 3.8) is 0 Å². The molecule has 0 atom stereocenters. The third-order valence-electron chi connectivity index (χ3n) is 4.42. The molecule has 1 aliphatic rings. The SMILES string of the molecule is O=C(Nc1ccc2[nH]ncc2c1)c1ccc(CN2CCSCC2)cc1. The third-order valence-corrected chi connectivity index (χ3v) is 5.37. The smallest absolute Gasteiger partial charge is 0.255 e. The van der Waals surface area contributed by atoms with E-state index >= 15 is 0 Å². The number of anilines is 1. The molecule has 0 radical (unpaired) electrons. The first kappa shape index (κ1) is 16.2. The van der Waals surface area contributed by atoms with Crippen LogP contribution in [0.15, 0.2) is 48.7 Å². The number of H-pyrrole nitrogens is 1. The first-order valence-electron chi connectivity index (χ1n) is 8.41. The van der Waals surface area contributed by atoms with Crippen LogP contribution in [-0.2, 0) is 6.54 Å².